The maximum Gasteiger partial charge on any atom is 0.416 e. The molecule has 3 heterocycles. The van der Waals surface area contributed by atoms with Gasteiger partial charge >= 0.3 is 12.3 Å². The number of carbonyl (C=O) groups is 2. The molecule has 3 N–H and O–H groups in total. The average molecular weight is 680 g/mol. The molecule has 0 saturated heterocycles. The quantitative estimate of drug-likeness (QED) is 0.167. The molecule has 13 nitrogen and oxygen atoms in total. The highest BCUT2D eigenvalue weighted by Crippen LogP contribution is 2.39. The van der Waals surface area contributed by atoms with Crippen molar-refractivity contribution in [2.45, 2.75) is 45.8 Å². The summed E-state index contributed by atoms with van der Waals surface area (Å²) in [5.41, 5.74) is -1.13. The number of aromatic nitrogens is 5. The number of nitrogens with zero attached hydrogens (tertiary/aromatic N) is 5. The van der Waals surface area contributed by atoms with Crippen LogP contribution in [0.4, 0.5) is 35.2 Å². The van der Waals surface area contributed by atoms with E-state index in [0.717, 1.165) is 12.3 Å². The van der Waals surface area contributed by atoms with Crippen LogP contribution in [0.15, 0.2) is 42.9 Å². The molecule has 2 amide bonds. The average Bonchev–Trinajstić information content (AvgIpc) is 3.40. The van der Waals surface area contributed by atoms with Crippen LogP contribution < -0.4 is 20.7 Å². The Bertz CT molecular complexity index is 1880. The van der Waals surface area contributed by atoms with Crippen LogP contribution in [0.3, 0.4) is 0 Å². The Morgan fingerprint density at radius 3 is 2.47 bits per heavy atom. The predicted molar refractivity (Wildman–Crippen MR) is 166 cm³/mol. The number of anilines is 3. The van der Waals surface area contributed by atoms with Crippen LogP contribution >= 0.6 is 11.6 Å². The van der Waals surface area contributed by atoms with E-state index in [2.05, 4.69) is 30.7 Å². The minimum atomic E-state index is -4.75. The fraction of sp³-hybridized carbons (Fsp3) is 0.333. The second-order valence-electron chi connectivity index (χ2n) is 10.9. The summed E-state index contributed by atoms with van der Waals surface area (Å²) in [7, 11) is 3.03. The van der Waals surface area contributed by atoms with Gasteiger partial charge in [0.05, 0.1) is 54.1 Å². The van der Waals surface area contributed by atoms with E-state index < -0.39 is 42.9 Å². The summed E-state index contributed by atoms with van der Waals surface area (Å²) in [6, 6.07) is 5.98. The number of hydrogen-bond donors (Lipinski definition) is 3. The van der Waals surface area contributed by atoms with Gasteiger partial charge in [-0.15, -0.1) is 0 Å². The third-order valence-electron chi connectivity index (χ3n) is 6.04. The van der Waals surface area contributed by atoms with Gasteiger partial charge in [-0.05, 0) is 56.7 Å². The van der Waals surface area contributed by atoms with Crippen molar-refractivity contribution in [2.24, 2.45) is 7.05 Å². The van der Waals surface area contributed by atoms with E-state index in [4.69, 9.17) is 29.9 Å². The van der Waals surface area contributed by atoms with Gasteiger partial charge < -0.3 is 24.8 Å². The second-order valence-corrected chi connectivity index (χ2v) is 11.3. The number of pyridine rings is 2. The van der Waals surface area contributed by atoms with Gasteiger partial charge in [0, 0.05) is 24.3 Å². The van der Waals surface area contributed by atoms with E-state index in [1.54, 1.807) is 40.0 Å². The molecule has 0 spiro atoms. The van der Waals surface area contributed by atoms with Gasteiger partial charge in [0.1, 0.15) is 22.9 Å². The number of amides is 2. The molecule has 0 unspecified atom stereocenters. The molecule has 0 fully saturated rings. The lowest BCUT2D eigenvalue weighted by molar-refractivity contribution is -0.137. The van der Waals surface area contributed by atoms with Crippen molar-refractivity contribution in [3.8, 4) is 17.1 Å². The van der Waals surface area contributed by atoms with Crippen molar-refractivity contribution in [1.29, 1.82) is 0 Å². The summed E-state index contributed by atoms with van der Waals surface area (Å²) in [4.78, 5) is 37.3. The molecule has 4 aromatic rings. The molecule has 47 heavy (non-hydrogen) atoms. The van der Waals surface area contributed by atoms with E-state index in [1.807, 2.05) is 5.32 Å². The molecule has 0 aliphatic rings. The molecular formula is C30H32ClF3N8O5. The summed E-state index contributed by atoms with van der Waals surface area (Å²) in [5, 5.41) is 11.5. The Hall–Kier alpha value is -4.96. The highest BCUT2D eigenvalue weighted by molar-refractivity contribution is 6.29. The van der Waals surface area contributed by atoms with Crippen molar-refractivity contribution < 1.29 is 41.1 Å². The van der Waals surface area contributed by atoms with E-state index in [1.165, 1.54) is 24.2 Å². The first-order valence-electron chi connectivity index (χ1n) is 15.2. The molecule has 0 radical (unpaired) electrons. The minimum Gasteiger partial charge on any atom is -0.494 e. The molecule has 0 aliphatic carbocycles. The topological polar surface area (TPSA) is 154 Å². The maximum absolute atomic E-state index is 13.7. The number of carbonyl (C=O) groups excluding carboxylic acids is 2. The van der Waals surface area contributed by atoms with E-state index in [9.17, 15) is 22.8 Å². The van der Waals surface area contributed by atoms with Crippen LogP contribution in [-0.2, 0) is 35.9 Å². The van der Waals surface area contributed by atoms with Gasteiger partial charge in [-0.2, -0.15) is 18.3 Å². The van der Waals surface area contributed by atoms with Crippen molar-refractivity contribution >= 4 is 40.8 Å². The Morgan fingerprint density at radius 2 is 1.83 bits per heavy atom. The minimum absolute atomic E-state index is 0.0166. The first-order valence-corrected chi connectivity index (χ1v) is 14.1. The molecule has 4 rings (SSSR count). The molecule has 0 aliphatic heterocycles. The van der Waals surface area contributed by atoms with Crippen LogP contribution in [-0.4, -0.2) is 56.4 Å². The molecule has 0 saturated carbocycles. The Labute approximate surface area is 277 Å². The molecule has 3 aromatic heterocycles. The van der Waals surface area contributed by atoms with Gasteiger partial charge in [0.25, 0.3) is 5.91 Å². The zero-order valence-corrected chi connectivity index (χ0v) is 26.5. The number of halogens is 4. The highest BCUT2D eigenvalue weighted by Gasteiger charge is 2.32. The summed E-state index contributed by atoms with van der Waals surface area (Å²) < 4.78 is 81.4. The Kier molecular flexibility index (Phi) is 9.28. The van der Waals surface area contributed by atoms with Gasteiger partial charge in [-0.3, -0.25) is 14.8 Å². The van der Waals surface area contributed by atoms with Gasteiger partial charge in [0.15, 0.2) is 11.6 Å². The van der Waals surface area contributed by atoms with Crippen LogP contribution in [0.2, 0.25) is 5.15 Å². The summed E-state index contributed by atoms with van der Waals surface area (Å²) >= 11 is 6.11. The Balaban J connectivity index is 1.68. The standard InChI is InChI=1S/C30H32ClF3N8O5/c1-29(2,3)47-28(44)40-24-10-17(30(32,33)34)9-18(38-24)14-46-13-16-7-19(26-37-15-42(5)41-26)25(45-6)22(8-16)39-21-11-23(31)36-12-20(21)27(43)35-4/h7-12,15H,13-14H2,1-6H3,(H,35,43)(H,36,39)(H,38,40,44)/i4D3. The number of alkyl halides is 3. The fourth-order valence-electron chi connectivity index (χ4n) is 4.21. The summed E-state index contributed by atoms with van der Waals surface area (Å²) in [6.07, 6.45) is -3.19. The van der Waals surface area contributed by atoms with Crippen molar-refractivity contribution in [1.82, 2.24) is 30.0 Å². The van der Waals surface area contributed by atoms with Crippen molar-refractivity contribution in [3.63, 3.8) is 0 Å². The van der Waals surface area contributed by atoms with E-state index >= 15 is 0 Å². The lowest BCUT2D eigenvalue weighted by Crippen LogP contribution is -2.27. The second kappa shape index (κ2) is 14.2. The van der Waals surface area contributed by atoms with Gasteiger partial charge in [-0.25, -0.2) is 19.7 Å². The molecule has 250 valence electrons. The first-order chi connectivity index (χ1) is 23.2. The van der Waals surface area contributed by atoms with Crippen LogP contribution in [0.1, 0.15) is 52.1 Å². The number of methoxy groups -OCH3 is 1. The van der Waals surface area contributed by atoms with Crippen LogP contribution in [0, 0.1) is 0 Å². The number of rotatable bonds is 10. The number of ether oxygens (including phenoxy) is 3. The van der Waals surface area contributed by atoms with E-state index in [-0.39, 0.29) is 51.8 Å². The number of benzene rings is 1. The van der Waals surface area contributed by atoms with Crippen LogP contribution in [0.25, 0.3) is 11.4 Å². The van der Waals surface area contributed by atoms with Crippen LogP contribution in [0.5, 0.6) is 5.75 Å². The first kappa shape index (κ1) is 30.7. The summed E-state index contributed by atoms with van der Waals surface area (Å²) in [6.45, 7) is 1.42. The smallest absolute Gasteiger partial charge is 0.416 e. The number of nitrogens with one attached hydrogen (secondary N) is 3. The number of aryl methyl sites for hydroxylation is 1. The zero-order valence-electron chi connectivity index (χ0n) is 28.7. The maximum atomic E-state index is 13.7. The van der Waals surface area contributed by atoms with E-state index in [0.29, 0.717) is 17.2 Å². The van der Waals surface area contributed by atoms with Crippen molar-refractivity contribution in [3.05, 3.63) is 70.4 Å². The number of hydrogen-bond acceptors (Lipinski definition) is 10. The molecule has 0 bridgehead atoms. The normalized spacial score (nSPS) is 12.8. The zero-order chi connectivity index (χ0) is 37.0. The van der Waals surface area contributed by atoms with Crippen molar-refractivity contribution in [2.75, 3.05) is 24.7 Å². The third kappa shape index (κ3) is 9.29. The van der Waals surface area contributed by atoms with Gasteiger partial charge in [0.2, 0.25) is 0 Å². The highest BCUT2D eigenvalue weighted by atomic mass is 35.5. The van der Waals surface area contributed by atoms with Gasteiger partial charge in [-0.1, -0.05) is 11.6 Å². The lowest BCUT2D eigenvalue weighted by Gasteiger charge is -2.20. The fourth-order valence-corrected chi connectivity index (χ4v) is 4.37. The predicted octanol–water partition coefficient (Wildman–Crippen LogP) is 6.12. The molecule has 0 atom stereocenters. The Morgan fingerprint density at radius 1 is 1.06 bits per heavy atom. The lowest BCUT2D eigenvalue weighted by atomic mass is 10.1. The molecule has 17 heteroatoms. The largest absolute Gasteiger partial charge is 0.494 e. The summed E-state index contributed by atoms with van der Waals surface area (Å²) in [5.74, 6) is -0.899. The molecule has 1 aromatic carbocycles. The SMILES string of the molecule is [2H]C([2H])([2H])NC(=O)c1cnc(Cl)cc1Nc1cc(COCc2cc(C(F)(F)F)cc(NC(=O)OC(C)(C)C)n2)cc(-c2ncn(C)n2)c1OC. The molecular weight excluding hydrogens is 645 g/mol. The monoisotopic (exact) mass is 679 g/mol. The third-order valence-corrected chi connectivity index (χ3v) is 6.25.